The topological polar surface area (TPSA) is 127 Å². The molecule has 2 atom stereocenters. The number of carbonyl (C=O) groups is 4. The van der Waals surface area contributed by atoms with Gasteiger partial charge in [0.15, 0.2) is 6.10 Å². The summed E-state index contributed by atoms with van der Waals surface area (Å²) in [6.45, 7) is 6.69. The number of aromatic nitrogens is 1. The number of benzene rings is 3. The third kappa shape index (κ3) is 7.14. The van der Waals surface area contributed by atoms with E-state index in [9.17, 15) is 19.2 Å². The zero-order chi connectivity index (χ0) is 34.0. The molecule has 2 aliphatic heterocycles. The van der Waals surface area contributed by atoms with Crippen molar-refractivity contribution < 1.29 is 28.7 Å². The van der Waals surface area contributed by atoms with E-state index in [1.807, 2.05) is 72.8 Å². The van der Waals surface area contributed by atoms with Crippen molar-refractivity contribution in [3.8, 4) is 10.6 Å². The second-order valence-corrected chi connectivity index (χ2v) is 14.4. The standard InChI is InChI=1S/C36H34N4O6S2/c1-21(41)38-25-17-15-24(16-18-25)31-37-19-27(48-31)26-20-47-33-28(39-35(44)46-36(2,3)4)32(42)40(33)29(26)34(43)45-30(22-11-7-5-8-12-22)23-13-9-6-10-14-23/h5-19,28,30,33H,20H2,1-4H3,(H,38,41)(H,39,44). The molecule has 12 heteroatoms. The Bertz CT molecular complexity index is 1830. The molecular weight excluding hydrogens is 649 g/mol. The van der Waals surface area contributed by atoms with Gasteiger partial charge in [0.2, 0.25) is 5.91 Å². The van der Waals surface area contributed by atoms with Gasteiger partial charge in [0.05, 0.1) is 4.88 Å². The van der Waals surface area contributed by atoms with E-state index in [1.54, 1.807) is 39.1 Å². The van der Waals surface area contributed by atoms with E-state index >= 15 is 0 Å². The number of ether oxygens (including phenoxy) is 2. The molecule has 10 nitrogen and oxygen atoms in total. The Morgan fingerprint density at radius 3 is 2.15 bits per heavy atom. The van der Waals surface area contributed by atoms with E-state index in [0.717, 1.165) is 16.7 Å². The van der Waals surface area contributed by atoms with Crippen LogP contribution in [0.2, 0.25) is 0 Å². The molecule has 3 amide bonds. The van der Waals surface area contributed by atoms with Crippen molar-refractivity contribution in [2.24, 2.45) is 0 Å². The Morgan fingerprint density at radius 2 is 1.56 bits per heavy atom. The zero-order valence-corrected chi connectivity index (χ0v) is 28.4. The van der Waals surface area contributed by atoms with Crippen LogP contribution in [-0.4, -0.2) is 56.5 Å². The number of hydrogen-bond donors (Lipinski definition) is 2. The summed E-state index contributed by atoms with van der Waals surface area (Å²) in [5.41, 5.74) is 3.06. The van der Waals surface area contributed by atoms with E-state index in [0.29, 0.717) is 26.9 Å². The van der Waals surface area contributed by atoms with Crippen LogP contribution < -0.4 is 10.6 Å². The Kier molecular flexibility index (Phi) is 9.38. The molecule has 0 spiro atoms. The van der Waals surface area contributed by atoms with Crippen LogP contribution in [0.25, 0.3) is 16.1 Å². The number of rotatable bonds is 8. The van der Waals surface area contributed by atoms with Crippen LogP contribution in [0.15, 0.2) is 96.8 Å². The van der Waals surface area contributed by atoms with Crippen molar-refractivity contribution >= 4 is 58.2 Å². The van der Waals surface area contributed by atoms with Crippen LogP contribution in [0.3, 0.4) is 0 Å². The first-order valence-corrected chi connectivity index (χ1v) is 17.2. The summed E-state index contributed by atoms with van der Waals surface area (Å²) in [6, 6.07) is 25.3. The van der Waals surface area contributed by atoms with Crippen LogP contribution in [0.1, 0.15) is 49.8 Å². The normalized spacial score (nSPS) is 17.4. The number of thiazole rings is 1. The first kappa shape index (κ1) is 33.0. The maximum atomic E-state index is 14.3. The van der Waals surface area contributed by atoms with Gasteiger partial charge in [0, 0.05) is 35.7 Å². The highest BCUT2D eigenvalue weighted by atomic mass is 32.2. The van der Waals surface area contributed by atoms with Crippen molar-refractivity contribution in [2.75, 3.05) is 11.1 Å². The summed E-state index contributed by atoms with van der Waals surface area (Å²) in [6.07, 6.45) is 0.260. The SMILES string of the molecule is CC(=O)Nc1ccc(-c2ncc(C3=C(C(=O)OC(c4ccccc4)c4ccccc4)N4C(=O)C(NC(=O)OC(C)(C)C)C4SC3)s2)cc1. The predicted molar refractivity (Wildman–Crippen MR) is 186 cm³/mol. The molecule has 3 aromatic carbocycles. The first-order valence-electron chi connectivity index (χ1n) is 15.3. The van der Waals surface area contributed by atoms with Crippen LogP contribution in [-0.2, 0) is 23.9 Å². The third-order valence-corrected chi connectivity index (χ3v) is 9.90. The van der Waals surface area contributed by atoms with Gasteiger partial charge in [-0.15, -0.1) is 23.1 Å². The summed E-state index contributed by atoms with van der Waals surface area (Å²) in [5, 5.41) is 5.62. The molecule has 2 unspecified atom stereocenters. The van der Waals surface area contributed by atoms with Crippen LogP contribution in [0, 0.1) is 0 Å². The lowest BCUT2D eigenvalue weighted by molar-refractivity contribution is -0.153. The lowest BCUT2D eigenvalue weighted by atomic mass is 10.0. The van der Waals surface area contributed by atoms with Gasteiger partial charge < -0.3 is 20.1 Å². The molecule has 0 bridgehead atoms. The number of hydrogen-bond acceptors (Lipinski definition) is 9. The van der Waals surface area contributed by atoms with Crippen LogP contribution >= 0.6 is 23.1 Å². The van der Waals surface area contributed by atoms with Crippen molar-refractivity contribution in [3.63, 3.8) is 0 Å². The van der Waals surface area contributed by atoms with Gasteiger partial charge in [-0.1, -0.05) is 60.7 Å². The molecule has 0 radical (unpaired) electrons. The summed E-state index contributed by atoms with van der Waals surface area (Å²) < 4.78 is 11.7. The van der Waals surface area contributed by atoms with Gasteiger partial charge in [-0.2, -0.15) is 0 Å². The van der Waals surface area contributed by atoms with E-state index in [2.05, 4.69) is 15.6 Å². The lowest BCUT2D eigenvalue weighted by Crippen LogP contribution is -2.70. The molecule has 2 N–H and O–H groups in total. The fraction of sp³-hybridized carbons (Fsp3) is 0.250. The molecular formula is C36H34N4O6S2. The fourth-order valence-electron chi connectivity index (χ4n) is 5.43. The van der Waals surface area contributed by atoms with Crippen LogP contribution in [0.4, 0.5) is 10.5 Å². The second-order valence-electron chi connectivity index (χ2n) is 12.3. The Hall–Kier alpha value is -4.94. The number of anilines is 1. The van der Waals surface area contributed by atoms with Crippen molar-refractivity contribution in [1.82, 2.24) is 15.2 Å². The Labute approximate surface area is 286 Å². The Balaban J connectivity index is 1.35. The minimum Gasteiger partial charge on any atom is -0.448 e. The van der Waals surface area contributed by atoms with E-state index in [1.165, 1.54) is 34.9 Å². The number of amides is 3. The number of esters is 1. The summed E-state index contributed by atoms with van der Waals surface area (Å²) in [4.78, 5) is 58.9. The molecule has 1 saturated heterocycles. The predicted octanol–water partition coefficient (Wildman–Crippen LogP) is 6.62. The average molecular weight is 683 g/mol. The molecule has 1 fully saturated rings. The monoisotopic (exact) mass is 682 g/mol. The fourth-order valence-corrected chi connectivity index (χ4v) is 7.85. The number of carbonyl (C=O) groups excluding carboxylic acids is 4. The molecule has 1 aromatic heterocycles. The van der Waals surface area contributed by atoms with E-state index in [-0.39, 0.29) is 11.6 Å². The van der Waals surface area contributed by atoms with Gasteiger partial charge >= 0.3 is 12.1 Å². The maximum Gasteiger partial charge on any atom is 0.408 e. The first-order chi connectivity index (χ1) is 23.0. The van der Waals surface area contributed by atoms with Crippen molar-refractivity contribution in [3.05, 3.63) is 113 Å². The summed E-state index contributed by atoms with van der Waals surface area (Å²) in [7, 11) is 0. The molecule has 6 rings (SSSR count). The molecule has 48 heavy (non-hydrogen) atoms. The highest BCUT2D eigenvalue weighted by Crippen LogP contribution is 2.46. The average Bonchev–Trinajstić information content (AvgIpc) is 3.55. The number of alkyl carbamates (subject to hydrolysis) is 1. The third-order valence-electron chi connectivity index (χ3n) is 7.52. The lowest BCUT2D eigenvalue weighted by Gasteiger charge is -2.49. The summed E-state index contributed by atoms with van der Waals surface area (Å²) >= 11 is 2.83. The number of nitrogens with one attached hydrogen (secondary N) is 2. The van der Waals surface area contributed by atoms with Crippen molar-refractivity contribution in [1.29, 1.82) is 0 Å². The molecule has 4 aromatic rings. The molecule has 2 aliphatic rings. The number of β-lactam (4-membered cyclic amide) rings is 1. The zero-order valence-electron chi connectivity index (χ0n) is 26.8. The Morgan fingerprint density at radius 1 is 0.938 bits per heavy atom. The van der Waals surface area contributed by atoms with Gasteiger partial charge in [-0.3, -0.25) is 14.5 Å². The number of thioether (sulfide) groups is 1. The molecule has 0 aliphatic carbocycles. The second kappa shape index (κ2) is 13.7. The summed E-state index contributed by atoms with van der Waals surface area (Å²) in [5.74, 6) is -0.886. The molecule has 246 valence electrons. The van der Waals surface area contributed by atoms with Gasteiger partial charge in [-0.25, -0.2) is 14.6 Å². The highest BCUT2D eigenvalue weighted by molar-refractivity contribution is 8.00. The largest absolute Gasteiger partial charge is 0.448 e. The van der Waals surface area contributed by atoms with Gasteiger partial charge in [-0.05, 0) is 56.2 Å². The smallest absolute Gasteiger partial charge is 0.408 e. The van der Waals surface area contributed by atoms with Crippen molar-refractivity contribution in [2.45, 2.75) is 50.8 Å². The molecule has 0 saturated carbocycles. The van der Waals surface area contributed by atoms with Gasteiger partial charge in [0.1, 0.15) is 27.7 Å². The maximum absolute atomic E-state index is 14.3. The van der Waals surface area contributed by atoms with Gasteiger partial charge in [0.25, 0.3) is 5.91 Å². The minimum absolute atomic E-state index is 0.124. The van der Waals surface area contributed by atoms with Crippen LogP contribution in [0.5, 0.6) is 0 Å². The highest BCUT2D eigenvalue weighted by Gasteiger charge is 2.55. The van der Waals surface area contributed by atoms with E-state index < -0.39 is 41.1 Å². The van der Waals surface area contributed by atoms with E-state index in [4.69, 9.17) is 9.47 Å². The minimum atomic E-state index is -0.868. The number of fused-ring (bicyclic) bond motifs is 1. The number of nitrogens with zero attached hydrogens (tertiary/aromatic N) is 2. The molecule has 3 heterocycles. The quantitative estimate of drug-likeness (QED) is 0.157.